The van der Waals surface area contributed by atoms with Crippen LogP contribution in [0.25, 0.3) is 0 Å². The zero-order valence-electron chi connectivity index (χ0n) is 10.7. The fraction of sp³-hybridized carbons (Fsp3) is 0.846. The highest BCUT2D eigenvalue weighted by atomic mass is 15.0. The van der Waals surface area contributed by atoms with E-state index in [1.165, 1.54) is 25.7 Å². The molecule has 90 valence electrons. The molecule has 0 heterocycles. The van der Waals surface area contributed by atoms with E-state index in [4.69, 9.17) is 5.73 Å². The Kier molecular flexibility index (Phi) is 8.73. The first-order chi connectivity index (χ1) is 7.24. The molecule has 0 aliphatic heterocycles. The van der Waals surface area contributed by atoms with Crippen LogP contribution in [0, 0.1) is 0 Å². The Bertz CT molecular complexity index is 158. The van der Waals surface area contributed by atoms with Gasteiger partial charge in [0.25, 0.3) is 0 Å². The highest BCUT2D eigenvalue weighted by Gasteiger charge is 2.24. The molecule has 0 unspecified atom stereocenters. The topological polar surface area (TPSA) is 38.0 Å². The Morgan fingerprint density at radius 2 is 1.80 bits per heavy atom. The van der Waals surface area contributed by atoms with Gasteiger partial charge in [0, 0.05) is 12.1 Å². The van der Waals surface area contributed by atoms with E-state index < -0.39 is 0 Å². The number of rotatable bonds is 9. The van der Waals surface area contributed by atoms with Crippen molar-refractivity contribution in [2.45, 2.75) is 58.4 Å². The lowest BCUT2D eigenvalue weighted by Crippen LogP contribution is -2.51. The van der Waals surface area contributed by atoms with Gasteiger partial charge >= 0.3 is 0 Å². The minimum absolute atomic E-state index is 0.186. The van der Waals surface area contributed by atoms with Gasteiger partial charge in [0.15, 0.2) is 0 Å². The first kappa shape index (κ1) is 14.7. The Balaban J connectivity index is 4.07. The monoisotopic (exact) mass is 212 g/mol. The van der Waals surface area contributed by atoms with Crippen molar-refractivity contribution in [3.8, 4) is 0 Å². The normalized spacial score (nSPS) is 12.5. The molecule has 0 saturated carbocycles. The molecular weight excluding hydrogens is 184 g/mol. The summed E-state index contributed by atoms with van der Waals surface area (Å²) in [6.07, 6.45) is 10.2. The smallest absolute Gasteiger partial charge is 0.0303 e. The highest BCUT2D eigenvalue weighted by molar-refractivity contribution is 4.89. The standard InChI is InChI=1S/C13H28N2/c1-4-7-8-11-15-13(12-14,9-5-2)10-6-3/h4,7,15H,5-6,8-12,14H2,1-3H3/b7-4+. The number of allylic oxidation sites excluding steroid dienone is 1. The molecule has 2 heteroatoms. The number of nitrogens with one attached hydrogen (secondary N) is 1. The average Bonchev–Trinajstić information content (AvgIpc) is 2.25. The maximum atomic E-state index is 5.91. The zero-order chi connectivity index (χ0) is 11.6. The van der Waals surface area contributed by atoms with Crippen LogP contribution in [0.5, 0.6) is 0 Å². The molecule has 15 heavy (non-hydrogen) atoms. The Hall–Kier alpha value is -0.340. The second kappa shape index (κ2) is 8.93. The van der Waals surface area contributed by atoms with Crippen LogP contribution in [0.2, 0.25) is 0 Å². The van der Waals surface area contributed by atoms with Gasteiger partial charge in [-0.1, -0.05) is 38.8 Å². The van der Waals surface area contributed by atoms with Crippen molar-refractivity contribution in [1.29, 1.82) is 0 Å². The third-order valence-corrected chi connectivity index (χ3v) is 2.89. The van der Waals surface area contributed by atoms with E-state index in [-0.39, 0.29) is 5.54 Å². The van der Waals surface area contributed by atoms with Crippen molar-refractivity contribution >= 4 is 0 Å². The predicted octanol–water partition coefficient (Wildman–Crippen LogP) is 2.84. The second-order valence-electron chi connectivity index (χ2n) is 4.27. The predicted molar refractivity (Wildman–Crippen MR) is 69.0 cm³/mol. The molecule has 0 aliphatic carbocycles. The van der Waals surface area contributed by atoms with Crippen LogP contribution < -0.4 is 11.1 Å². The molecule has 0 amide bonds. The summed E-state index contributed by atoms with van der Waals surface area (Å²) in [5, 5.41) is 3.64. The van der Waals surface area contributed by atoms with E-state index in [1.54, 1.807) is 0 Å². The van der Waals surface area contributed by atoms with Gasteiger partial charge < -0.3 is 11.1 Å². The summed E-state index contributed by atoms with van der Waals surface area (Å²) in [6.45, 7) is 8.32. The van der Waals surface area contributed by atoms with Crippen molar-refractivity contribution in [2.24, 2.45) is 5.73 Å². The van der Waals surface area contributed by atoms with Gasteiger partial charge in [-0.2, -0.15) is 0 Å². The molecule has 3 N–H and O–H groups in total. The molecule has 0 fully saturated rings. The molecule has 2 nitrogen and oxygen atoms in total. The molecule has 0 spiro atoms. The van der Waals surface area contributed by atoms with Crippen LogP contribution >= 0.6 is 0 Å². The van der Waals surface area contributed by atoms with Gasteiger partial charge in [0.2, 0.25) is 0 Å². The quantitative estimate of drug-likeness (QED) is 0.455. The van der Waals surface area contributed by atoms with E-state index >= 15 is 0 Å². The summed E-state index contributed by atoms with van der Waals surface area (Å²) in [5.41, 5.74) is 6.10. The third-order valence-electron chi connectivity index (χ3n) is 2.89. The second-order valence-corrected chi connectivity index (χ2v) is 4.27. The lowest BCUT2D eigenvalue weighted by Gasteiger charge is -2.33. The van der Waals surface area contributed by atoms with Gasteiger partial charge in [-0.3, -0.25) is 0 Å². The summed E-state index contributed by atoms with van der Waals surface area (Å²) in [4.78, 5) is 0. The summed E-state index contributed by atoms with van der Waals surface area (Å²) in [5.74, 6) is 0. The lowest BCUT2D eigenvalue weighted by molar-refractivity contribution is 0.285. The van der Waals surface area contributed by atoms with Crippen LogP contribution in [0.4, 0.5) is 0 Å². The van der Waals surface area contributed by atoms with Gasteiger partial charge in [-0.05, 0) is 32.7 Å². The van der Waals surface area contributed by atoms with Crippen LogP contribution in [-0.2, 0) is 0 Å². The van der Waals surface area contributed by atoms with E-state index in [9.17, 15) is 0 Å². The van der Waals surface area contributed by atoms with Crippen molar-refractivity contribution in [1.82, 2.24) is 5.32 Å². The molecule has 0 aromatic rings. The molecule has 0 bridgehead atoms. The number of nitrogens with two attached hydrogens (primary N) is 1. The Morgan fingerprint density at radius 1 is 1.20 bits per heavy atom. The highest BCUT2D eigenvalue weighted by Crippen LogP contribution is 2.18. The molecule has 0 saturated heterocycles. The SMILES string of the molecule is C/C=C/CCNC(CN)(CCC)CCC. The molecule has 0 aromatic carbocycles. The first-order valence-electron chi connectivity index (χ1n) is 6.31. The van der Waals surface area contributed by atoms with Crippen molar-refractivity contribution in [3.05, 3.63) is 12.2 Å². The molecule has 0 atom stereocenters. The van der Waals surface area contributed by atoms with Crippen molar-refractivity contribution < 1.29 is 0 Å². The largest absolute Gasteiger partial charge is 0.329 e. The van der Waals surface area contributed by atoms with Crippen molar-refractivity contribution in [3.63, 3.8) is 0 Å². The summed E-state index contributed by atoms with van der Waals surface area (Å²) in [6, 6.07) is 0. The third kappa shape index (κ3) is 5.95. The average molecular weight is 212 g/mol. The fourth-order valence-electron chi connectivity index (χ4n) is 2.12. The van der Waals surface area contributed by atoms with E-state index in [1.807, 2.05) is 0 Å². The van der Waals surface area contributed by atoms with E-state index in [0.29, 0.717) is 0 Å². The summed E-state index contributed by atoms with van der Waals surface area (Å²) in [7, 11) is 0. The van der Waals surface area contributed by atoms with Gasteiger partial charge in [-0.15, -0.1) is 0 Å². The Labute approximate surface area is 95.3 Å². The van der Waals surface area contributed by atoms with E-state index in [2.05, 4.69) is 38.2 Å². The first-order valence-corrected chi connectivity index (χ1v) is 6.31. The molecule has 0 aliphatic rings. The number of hydrogen-bond donors (Lipinski definition) is 2. The Morgan fingerprint density at radius 3 is 2.20 bits per heavy atom. The van der Waals surface area contributed by atoms with Crippen LogP contribution in [0.15, 0.2) is 12.2 Å². The van der Waals surface area contributed by atoms with E-state index in [0.717, 1.165) is 19.5 Å². The van der Waals surface area contributed by atoms with Crippen LogP contribution in [0.1, 0.15) is 52.9 Å². The number of hydrogen-bond acceptors (Lipinski definition) is 2. The maximum Gasteiger partial charge on any atom is 0.0303 e. The molecule has 0 rings (SSSR count). The minimum Gasteiger partial charge on any atom is -0.329 e. The lowest BCUT2D eigenvalue weighted by atomic mass is 9.88. The maximum absolute atomic E-state index is 5.91. The van der Waals surface area contributed by atoms with Crippen LogP contribution in [0.3, 0.4) is 0 Å². The molecule has 0 aromatic heterocycles. The summed E-state index contributed by atoms with van der Waals surface area (Å²) < 4.78 is 0. The van der Waals surface area contributed by atoms with Crippen molar-refractivity contribution in [2.75, 3.05) is 13.1 Å². The molecular formula is C13H28N2. The van der Waals surface area contributed by atoms with Gasteiger partial charge in [-0.25, -0.2) is 0 Å². The molecule has 0 radical (unpaired) electrons. The van der Waals surface area contributed by atoms with Gasteiger partial charge in [0.05, 0.1) is 0 Å². The minimum atomic E-state index is 0.186. The van der Waals surface area contributed by atoms with Gasteiger partial charge in [0.1, 0.15) is 0 Å². The summed E-state index contributed by atoms with van der Waals surface area (Å²) >= 11 is 0. The zero-order valence-corrected chi connectivity index (χ0v) is 10.7. The van der Waals surface area contributed by atoms with Crippen LogP contribution in [-0.4, -0.2) is 18.6 Å². The fourth-order valence-corrected chi connectivity index (χ4v) is 2.12.